The summed E-state index contributed by atoms with van der Waals surface area (Å²) < 4.78 is 5.19. The number of benzene rings is 1. The Kier molecular flexibility index (Phi) is 2.33. The first-order valence-corrected chi connectivity index (χ1v) is 4.85. The molecule has 0 unspecified atom stereocenters. The van der Waals surface area contributed by atoms with Gasteiger partial charge in [0.25, 0.3) is 0 Å². The fourth-order valence-electron chi connectivity index (χ4n) is 1.68. The molecule has 1 aliphatic carbocycles. The molecule has 1 fully saturated rings. The van der Waals surface area contributed by atoms with E-state index in [0.717, 1.165) is 5.56 Å². The van der Waals surface area contributed by atoms with Crippen LogP contribution in [0.1, 0.15) is 24.4 Å². The molecule has 1 aromatic carbocycles. The summed E-state index contributed by atoms with van der Waals surface area (Å²) in [6.07, 6.45) is 2.40. The van der Waals surface area contributed by atoms with E-state index < -0.39 is 0 Å². The molecule has 1 saturated carbocycles. The smallest absolute Gasteiger partial charge is 0.127 e. The van der Waals surface area contributed by atoms with Crippen molar-refractivity contribution in [2.45, 2.75) is 18.9 Å². The summed E-state index contributed by atoms with van der Waals surface area (Å²) >= 11 is 0. The molecule has 0 heterocycles. The number of phenols is 1. The standard InChI is InChI=1S/C11H15NO2/c1-14-10-6-8(13)4-5-9(10)11(12)7-2-3-7/h4-7,11,13H,2-3,12H2,1H3/t11-/m0/s1. The molecule has 0 radical (unpaired) electrons. The monoisotopic (exact) mass is 193 g/mol. The van der Waals surface area contributed by atoms with Crippen molar-refractivity contribution in [2.75, 3.05) is 7.11 Å². The van der Waals surface area contributed by atoms with E-state index in [1.54, 1.807) is 19.2 Å². The fourth-order valence-corrected chi connectivity index (χ4v) is 1.68. The first kappa shape index (κ1) is 9.34. The first-order valence-electron chi connectivity index (χ1n) is 4.85. The highest BCUT2D eigenvalue weighted by Gasteiger charge is 2.31. The topological polar surface area (TPSA) is 55.5 Å². The van der Waals surface area contributed by atoms with Crippen LogP contribution in [0.5, 0.6) is 11.5 Å². The van der Waals surface area contributed by atoms with E-state index in [1.165, 1.54) is 12.8 Å². The van der Waals surface area contributed by atoms with Crippen molar-refractivity contribution in [2.24, 2.45) is 11.7 Å². The summed E-state index contributed by atoms with van der Waals surface area (Å²) in [5.41, 5.74) is 7.06. The molecule has 0 aliphatic heterocycles. The van der Waals surface area contributed by atoms with Crippen molar-refractivity contribution in [1.29, 1.82) is 0 Å². The zero-order valence-electron chi connectivity index (χ0n) is 8.23. The third kappa shape index (κ3) is 1.68. The van der Waals surface area contributed by atoms with Crippen molar-refractivity contribution in [1.82, 2.24) is 0 Å². The highest BCUT2D eigenvalue weighted by molar-refractivity contribution is 5.42. The molecule has 1 atom stereocenters. The van der Waals surface area contributed by atoms with Crippen LogP contribution in [0.3, 0.4) is 0 Å². The predicted octanol–water partition coefficient (Wildman–Crippen LogP) is 1.81. The average Bonchev–Trinajstić information content (AvgIpc) is 3.00. The molecule has 0 aromatic heterocycles. The third-order valence-electron chi connectivity index (χ3n) is 2.71. The van der Waals surface area contributed by atoms with E-state index >= 15 is 0 Å². The lowest BCUT2D eigenvalue weighted by Gasteiger charge is -2.14. The van der Waals surface area contributed by atoms with Gasteiger partial charge < -0.3 is 15.6 Å². The summed E-state index contributed by atoms with van der Waals surface area (Å²) in [5.74, 6) is 1.49. The maximum Gasteiger partial charge on any atom is 0.127 e. The van der Waals surface area contributed by atoms with Crippen LogP contribution < -0.4 is 10.5 Å². The SMILES string of the molecule is COc1cc(O)ccc1[C@@H](N)C1CC1. The molecule has 0 bridgehead atoms. The van der Waals surface area contributed by atoms with Crippen molar-refractivity contribution in [3.8, 4) is 11.5 Å². The van der Waals surface area contributed by atoms with Gasteiger partial charge in [0.2, 0.25) is 0 Å². The van der Waals surface area contributed by atoms with Gasteiger partial charge in [0.15, 0.2) is 0 Å². The van der Waals surface area contributed by atoms with Crippen LogP contribution in [0.25, 0.3) is 0 Å². The van der Waals surface area contributed by atoms with Crippen LogP contribution >= 0.6 is 0 Å². The van der Waals surface area contributed by atoms with Gasteiger partial charge in [-0.2, -0.15) is 0 Å². The van der Waals surface area contributed by atoms with E-state index in [0.29, 0.717) is 11.7 Å². The molecule has 0 spiro atoms. The molecule has 1 aliphatic rings. The van der Waals surface area contributed by atoms with Crippen molar-refractivity contribution >= 4 is 0 Å². The lowest BCUT2D eigenvalue weighted by atomic mass is 10.0. The molecular formula is C11H15NO2. The van der Waals surface area contributed by atoms with Gasteiger partial charge in [-0.3, -0.25) is 0 Å². The molecule has 0 saturated heterocycles. The largest absolute Gasteiger partial charge is 0.508 e. The second-order valence-electron chi connectivity index (χ2n) is 3.79. The van der Waals surface area contributed by atoms with Gasteiger partial charge in [0.1, 0.15) is 11.5 Å². The Hall–Kier alpha value is -1.22. The molecule has 0 amide bonds. The Morgan fingerprint density at radius 3 is 2.79 bits per heavy atom. The normalized spacial score (nSPS) is 17.9. The lowest BCUT2D eigenvalue weighted by molar-refractivity contribution is 0.396. The molecule has 2 rings (SSSR count). The molecular weight excluding hydrogens is 178 g/mol. The fraction of sp³-hybridized carbons (Fsp3) is 0.455. The van der Waals surface area contributed by atoms with Crippen molar-refractivity contribution in [3.63, 3.8) is 0 Å². The Balaban J connectivity index is 2.30. The zero-order valence-corrected chi connectivity index (χ0v) is 8.23. The van der Waals surface area contributed by atoms with Gasteiger partial charge in [-0.25, -0.2) is 0 Å². The molecule has 3 N–H and O–H groups in total. The van der Waals surface area contributed by atoms with Crippen molar-refractivity contribution in [3.05, 3.63) is 23.8 Å². The van der Waals surface area contributed by atoms with Crippen LogP contribution in [-0.4, -0.2) is 12.2 Å². The average molecular weight is 193 g/mol. The highest BCUT2D eigenvalue weighted by Crippen LogP contribution is 2.42. The van der Waals surface area contributed by atoms with Crippen LogP contribution in [0.4, 0.5) is 0 Å². The molecule has 76 valence electrons. The van der Waals surface area contributed by atoms with Crippen LogP contribution in [-0.2, 0) is 0 Å². The maximum absolute atomic E-state index is 9.28. The van der Waals surface area contributed by atoms with Crippen LogP contribution in [0, 0.1) is 5.92 Å². The summed E-state index contributed by atoms with van der Waals surface area (Å²) in [6, 6.07) is 5.15. The zero-order chi connectivity index (χ0) is 10.1. The Morgan fingerprint density at radius 2 is 2.21 bits per heavy atom. The minimum atomic E-state index is 0.0468. The van der Waals surface area contributed by atoms with Gasteiger partial charge in [0.05, 0.1) is 7.11 Å². The minimum Gasteiger partial charge on any atom is -0.508 e. The first-order chi connectivity index (χ1) is 6.72. The molecule has 14 heavy (non-hydrogen) atoms. The van der Waals surface area contributed by atoms with E-state index in [9.17, 15) is 5.11 Å². The van der Waals surface area contributed by atoms with E-state index in [4.69, 9.17) is 10.5 Å². The molecule has 3 heteroatoms. The molecule has 1 aromatic rings. The Morgan fingerprint density at radius 1 is 1.50 bits per heavy atom. The summed E-state index contributed by atoms with van der Waals surface area (Å²) in [4.78, 5) is 0. The van der Waals surface area contributed by atoms with E-state index in [-0.39, 0.29) is 11.8 Å². The Labute approximate surface area is 83.5 Å². The third-order valence-corrected chi connectivity index (χ3v) is 2.71. The number of phenolic OH excluding ortho intramolecular Hbond substituents is 1. The van der Waals surface area contributed by atoms with E-state index in [2.05, 4.69) is 0 Å². The predicted molar refractivity (Wildman–Crippen MR) is 54.3 cm³/mol. The van der Waals surface area contributed by atoms with Crippen LogP contribution in [0.15, 0.2) is 18.2 Å². The Bertz CT molecular complexity index is 334. The number of hydrogen-bond acceptors (Lipinski definition) is 3. The quantitative estimate of drug-likeness (QED) is 0.769. The van der Waals surface area contributed by atoms with Crippen molar-refractivity contribution < 1.29 is 9.84 Å². The van der Waals surface area contributed by atoms with Gasteiger partial charge >= 0.3 is 0 Å². The van der Waals surface area contributed by atoms with E-state index in [1.807, 2.05) is 6.07 Å². The van der Waals surface area contributed by atoms with Gasteiger partial charge in [-0.15, -0.1) is 0 Å². The highest BCUT2D eigenvalue weighted by atomic mass is 16.5. The summed E-state index contributed by atoms with van der Waals surface area (Å²) in [7, 11) is 1.60. The second-order valence-corrected chi connectivity index (χ2v) is 3.79. The molecule has 3 nitrogen and oxygen atoms in total. The number of aromatic hydroxyl groups is 1. The second kappa shape index (κ2) is 3.50. The minimum absolute atomic E-state index is 0.0468. The van der Waals surface area contributed by atoms with Gasteiger partial charge in [0, 0.05) is 17.7 Å². The number of nitrogens with two attached hydrogens (primary N) is 1. The summed E-state index contributed by atoms with van der Waals surface area (Å²) in [6.45, 7) is 0. The number of hydrogen-bond donors (Lipinski definition) is 2. The maximum atomic E-state index is 9.28. The number of rotatable bonds is 3. The van der Waals surface area contributed by atoms with Gasteiger partial charge in [-0.1, -0.05) is 6.07 Å². The van der Waals surface area contributed by atoms with Gasteiger partial charge in [-0.05, 0) is 24.8 Å². The lowest BCUT2D eigenvalue weighted by Crippen LogP contribution is -2.13. The number of ether oxygens (including phenoxy) is 1. The van der Waals surface area contributed by atoms with Crippen LogP contribution in [0.2, 0.25) is 0 Å². The summed E-state index contributed by atoms with van der Waals surface area (Å²) in [5, 5.41) is 9.28. The number of methoxy groups -OCH3 is 1.